The van der Waals surface area contributed by atoms with E-state index in [9.17, 15) is 0 Å². The molecular formula is C17H16Cl3N2+. The number of hydrogen-bond donors (Lipinski definition) is 1. The molecular weight excluding hydrogens is 339 g/mol. The molecule has 1 heterocycles. The Labute approximate surface area is 145 Å². The van der Waals surface area contributed by atoms with Crippen LogP contribution in [0.1, 0.15) is 25.8 Å². The first-order chi connectivity index (χ1) is 10.4. The Morgan fingerprint density at radius 1 is 1.00 bits per heavy atom. The lowest BCUT2D eigenvalue weighted by Gasteiger charge is -2.14. The highest BCUT2D eigenvalue weighted by atomic mass is 35.5. The number of halogens is 3. The van der Waals surface area contributed by atoms with Crippen LogP contribution < -0.4 is 5.43 Å². The smallest absolute Gasteiger partial charge is 0.186 e. The monoisotopic (exact) mass is 353 g/mol. The summed E-state index contributed by atoms with van der Waals surface area (Å²) in [5.74, 6) is 0. The van der Waals surface area contributed by atoms with Crippen molar-refractivity contribution in [1.29, 1.82) is 0 Å². The van der Waals surface area contributed by atoms with Crippen molar-refractivity contribution < 1.29 is 4.68 Å². The molecule has 0 saturated heterocycles. The molecule has 1 aliphatic heterocycles. The lowest BCUT2D eigenvalue weighted by Crippen LogP contribution is -2.37. The van der Waals surface area contributed by atoms with Crippen molar-refractivity contribution in [2.45, 2.75) is 25.8 Å². The Morgan fingerprint density at radius 3 is 2.18 bits per heavy atom. The molecule has 114 valence electrons. The third-order valence-electron chi connectivity index (χ3n) is 3.61. The highest BCUT2D eigenvalue weighted by molar-refractivity contribution is 6.41. The molecule has 0 atom stereocenters. The molecule has 3 rings (SSSR count). The predicted molar refractivity (Wildman–Crippen MR) is 93.8 cm³/mol. The molecule has 0 fully saturated rings. The second-order valence-corrected chi connectivity index (χ2v) is 7.29. The number of hydrazone groups is 1. The fraction of sp³-hybridized carbons (Fsp3) is 0.235. The van der Waals surface area contributed by atoms with Gasteiger partial charge in [0.2, 0.25) is 5.71 Å². The first kappa shape index (κ1) is 15.7. The lowest BCUT2D eigenvalue weighted by molar-refractivity contribution is -0.508. The highest BCUT2D eigenvalue weighted by Crippen LogP contribution is 2.38. The maximum Gasteiger partial charge on any atom is 0.272 e. The molecule has 0 radical (unpaired) electrons. The van der Waals surface area contributed by atoms with Gasteiger partial charge in [-0.1, -0.05) is 57.7 Å². The van der Waals surface area contributed by atoms with E-state index in [-0.39, 0.29) is 5.54 Å². The van der Waals surface area contributed by atoms with Crippen molar-refractivity contribution in [2.75, 3.05) is 0 Å². The minimum absolute atomic E-state index is 0.0858. The van der Waals surface area contributed by atoms with E-state index in [0.717, 1.165) is 23.4 Å². The van der Waals surface area contributed by atoms with Crippen LogP contribution in [0.25, 0.3) is 0 Å². The summed E-state index contributed by atoms with van der Waals surface area (Å²) in [5.41, 5.74) is 6.41. The summed E-state index contributed by atoms with van der Waals surface area (Å²) in [4.78, 5) is 0. The van der Waals surface area contributed by atoms with E-state index in [1.165, 1.54) is 0 Å². The Balaban J connectivity index is 2.21. The maximum atomic E-state index is 6.40. The van der Waals surface area contributed by atoms with E-state index in [1.54, 1.807) is 12.1 Å². The van der Waals surface area contributed by atoms with Crippen LogP contribution in [0.15, 0.2) is 42.5 Å². The number of hydrazine groups is 1. The van der Waals surface area contributed by atoms with E-state index in [4.69, 9.17) is 34.8 Å². The molecule has 0 spiro atoms. The highest BCUT2D eigenvalue weighted by Gasteiger charge is 2.41. The van der Waals surface area contributed by atoms with Crippen LogP contribution in [0.3, 0.4) is 0 Å². The topological polar surface area (TPSA) is 15.0 Å². The van der Waals surface area contributed by atoms with Gasteiger partial charge in [-0.25, -0.2) is 0 Å². The van der Waals surface area contributed by atoms with Crippen molar-refractivity contribution in [3.05, 3.63) is 63.1 Å². The molecule has 2 aromatic carbocycles. The number of benzene rings is 2. The number of nitrogens with one attached hydrogen (secondary N) is 1. The van der Waals surface area contributed by atoms with Gasteiger partial charge in [0.25, 0.3) is 5.69 Å². The molecule has 22 heavy (non-hydrogen) atoms. The Bertz CT molecular complexity index is 729. The normalized spacial score (nSPS) is 16.8. The zero-order valence-corrected chi connectivity index (χ0v) is 14.6. The van der Waals surface area contributed by atoms with Crippen molar-refractivity contribution in [1.82, 2.24) is 5.43 Å². The molecule has 0 aromatic heterocycles. The van der Waals surface area contributed by atoms with Crippen LogP contribution in [0, 0.1) is 0 Å². The minimum Gasteiger partial charge on any atom is -0.186 e. The maximum absolute atomic E-state index is 6.40. The summed E-state index contributed by atoms with van der Waals surface area (Å²) < 4.78 is 1.98. The zero-order valence-electron chi connectivity index (χ0n) is 12.3. The number of hydrogen-bond acceptors (Lipinski definition) is 1. The molecule has 5 heteroatoms. The largest absolute Gasteiger partial charge is 0.272 e. The van der Waals surface area contributed by atoms with Gasteiger partial charge < -0.3 is 0 Å². The summed E-state index contributed by atoms with van der Waals surface area (Å²) in [7, 11) is 0. The fourth-order valence-electron chi connectivity index (χ4n) is 2.71. The van der Waals surface area contributed by atoms with Crippen molar-refractivity contribution in [2.24, 2.45) is 0 Å². The lowest BCUT2D eigenvalue weighted by atomic mass is 9.96. The van der Waals surface area contributed by atoms with Crippen LogP contribution in [0.4, 0.5) is 5.69 Å². The van der Waals surface area contributed by atoms with E-state index >= 15 is 0 Å². The third-order valence-corrected chi connectivity index (χ3v) is 4.40. The molecule has 0 amide bonds. The fourth-order valence-corrected chi connectivity index (χ4v) is 3.69. The number of rotatable bonds is 2. The average Bonchev–Trinajstić information content (AvgIpc) is 2.74. The predicted octanol–water partition coefficient (Wildman–Crippen LogP) is 5.47. The van der Waals surface area contributed by atoms with E-state index in [0.29, 0.717) is 15.1 Å². The standard InChI is InChI=1S/C17H16Cl3N2/c1-17(2)10-15(11-6-4-3-5-7-11)22(21-17)16-13(19)8-12(18)9-14(16)20/h3-9,21H,10H2,1-2H3/q+1. The molecule has 2 aromatic rings. The third kappa shape index (κ3) is 2.96. The van der Waals surface area contributed by atoms with Crippen LogP contribution in [0.5, 0.6) is 0 Å². The van der Waals surface area contributed by atoms with E-state index in [1.807, 2.05) is 22.9 Å². The van der Waals surface area contributed by atoms with Crippen molar-refractivity contribution >= 4 is 46.2 Å². The molecule has 0 saturated carbocycles. The molecule has 1 N–H and O–H groups in total. The summed E-state index contributed by atoms with van der Waals surface area (Å²) in [6.07, 6.45) is 0.867. The quantitative estimate of drug-likeness (QED) is 0.707. The zero-order chi connectivity index (χ0) is 15.9. The molecule has 2 nitrogen and oxygen atoms in total. The van der Waals surface area contributed by atoms with Gasteiger partial charge >= 0.3 is 0 Å². The molecule has 0 aliphatic carbocycles. The van der Waals surface area contributed by atoms with Crippen LogP contribution in [0.2, 0.25) is 15.1 Å². The van der Waals surface area contributed by atoms with E-state index in [2.05, 4.69) is 31.4 Å². The molecule has 0 bridgehead atoms. The van der Waals surface area contributed by atoms with E-state index < -0.39 is 0 Å². The Morgan fingerprint density at radius 2 is 1.59 bits per heavy atom. The first-order valence-electron chi connectivity index (χ1n) is 7.01. The Hall–Kier alpha value is -1.22. The molecule has 0 unspecified atom stereocenters. The summed E-state index contributed by atoms with van der Waals surface area (Å²) in [5, 5.41) is 1.57. The Kier molecular flexibility index (Phi) is 4.11. The van der Waals surface area contributed by atoms with Gasteiger partial charge in [-0.05, 0) is 38.1 Å². The second-order valence-electron chi connectivity index (χ2n) is 6.04. The van der Waals surface area contributed by atoms with Gasteiger partial charge in [0, 0.05) is 10.6 Å². The van der Waals surface area contributed by atoms with Crippen LogP contribution in [-0.2, 0) is 0 Å². The van der Waals surface area contributed by atoms with Crippen molar-refractivity contribution in [3.63, 3.8) is 0 Å². The van der Waals surface area contributed by atoms with Crippen LogP contribution >= 0.6 is 34.8 Å². The summed E-state index contributed by atoms with van der Waals surface area (Å²) >= 11 is 18.8. The second kappa shape index (κ2) is 5.77. The number of nitrogens with zero attached hydrogens (tertiary/aromatic N) is 1. The minimum atomic E-state index is -0.0858. The average molecular weight is 355 g/mol. The molecule has 1 aliphatic rings. The summed E-state index contributed by atoms with van der Waals surface area (Å²) in [6, 6.07) is 13.6. The summed E-state index contributed by atoms with van der Waals surface area (Å²) in [6.45, 7) is 4.29. The first-order valence-corrected chi connectivity index (χ1v) is 8.14. The van der Waals surface area contributed by atoms with Gasteiger partial charge in [0.05, 0.1) is 12.0 Å². The van der Waals surface area contributed by atoms with Crippen molar-refractivity contribution in [3.8, 4) is 0 Å². The SMILES string of the molecule is CC1(C)CC(c2ccccc2)=[N+](c2c(Cl)cc(Cl)cc2Cl)N1. The van der Waals surface area contributed by atoms with Gasteiger partial charge in [-0.2, -0.15) is 5.43 Å². The van der Waals surface area contributed by atoms with Gasteiger partial charge in [-0.15, -0.1) is 0 Å². The van der Waals surface area contributed by atoms with Gasteiger partial charge in [0.15, 0.2) is 0 Å². The van der Waals surface area contributed by atoms with Crippen LogP contribution in [-0.4, -0.2) is 15.9 Å². The van der Waals surface area contributed by atoms with Gasteiger partial charge in [0.1, 0.15) is 10.0 Å². The van der Waals surface area contributed by atoms with Gasteiger partial charge in [-0.3, -0.25) is 0 Å².